The number of nitrogens with zero attached hydrogens (tertiary/aromatic N) is 1. The molecule has 134 valence electrons. The number of anilines is 1. The number of thioether (sulfide) groups is 1. The van der Waals surface area contributed by atoms with E-state index >= 15 is 0 Å². The summed E-state index contributed by atoms with van der Waals surface area (Å²) < 4.78 is 5.28. The van der Waals surface area contributed by atoms with Crippen molar-refractivity contribution in [3.63, 3.8) is 0 Å². The summed E-state index contributed by atoms with van der Waals surface area (Å²) in [6, 6.07) is 6.81. The lowest BCUT2D eigenvalue weighted by Gasteiger charge is -2.17. The summed E-state index contributed by atoms with van der Waals surface area (Å²) in [7, 11) is 0. The van der Waals surface area contributed by atoms with Crippen LogP contribution in [-0.2, 0) is 9.53 Å². The second-order valence-electron chi connectivity index (χ2n) is 5.38. The van der Waals surface area contributed by atoms with Crippen LogP contribution in [0.4, 0.5) is 5.69 Å². The Morgan fingerprint density at radius 2 is 1.83 bits per heavy atom. The number of carbonyl (C=O) groups is 2. The molecule has 0 aliphatic heterocycles. The molecular weight excluding hydrogens is 324 g/mol. The molecule has 1 aromatic rings. The number of esters is 1. The molecular formula is C18H28N2O3S. The topological polar surface area (TPSA) is 58.6 Å². The van der Waals surface area contributed by atoms with Gasteiger partial charge in [0.05, 0.1) is 5.56 Å². The molecule has 0 radical (unpaired) electrons. The number of hydrogen-bond acceptors (Lipinski definition) is 5. The van der Waals surface area contributed by atoms with Gasteiger partial charge in [0, 0.05) is 18.7 Å². The van der Waals surface area contributed by atoms with Crippen LogP contribution < -0.4 is 5.32 Å². The number of rotatable bonds is 11. The van der Waals surface area contributed by atoms with E-state index in [-0.39, 0.29) is 11.9 Å². The SMILES string of the molecule is CCN(CC)CCOC(=O)c1ccc(NC(=O)CCCSC)cc1. The molecule has 0 saturated carbocycles. The predicted octanol–water partition coefficient (Wildman–Crippen LogP) is 3.27. The van der Waals surface area contributed by atoms with Gasteiger partial charge in [-0.05, 0) is 55.8 Å². The fourth-order valence-corrected chi connectivity index (χ4v) is 2.61. The van der Waals surface area contributed by atoms with Crippen molar-refractivity contribution in [1.82, 2.24) is 4.90 Å². The molecule has 0 spiro atoms. The minimum atomic E-state index is -0.333. The van der Waals surface area contributed by atoms with E-state index in [1.165, 1.54) is 0 Å². The first-order valence-corrected chi connectivity index (χ1v) is 9.78. The Hall–Kier alpha value is -1.53. The Morgan fingerprint density at radius 1 is 1.17 bits per heavy atom. The molecule has 5 nitrogen and oxygen atoms in total. The Labute approximate surface area is 149 Å². The largest absolute Gasteiger partial charge is 0.461 e. The predicted molar refractivity (Wildman–Crippen MR) is 101 cm³/mol. The zero-order chi connectivity index (χ0) is 17.8. The number of benzene rings is 1. The quantitative estimate of drug-likeness (QED) is 0.489. The Balaban J connectivity index is 2.40. The summed E-state index contributed by atoms with van der Waals surface area (Å²) in [5.41, 5.74) is 1.19. The van der Waals surface area contributed by atoms with E-state index in [4.69, 9.17) is 4.74 Å². The second kappa shape index (κ2) is 11.9. The lowest BCUT2D eigenvalue weighted by atomic mass is 10.2. The molecule has 24 heavy (non-hydrogen) atoms. The van der Waals surface area contributed by atoms with E-state index in [2.05, 4.69) is 24.1 Å². The Kier molecular flexibility index (Phi) is 10.2. The maximum absolute atomic E-state index is 12.0. The van der Waals surface area contributed by atoms with Crippen LogP contribution in [0.25, 0.3) is 0 Å². The second-order valence-corrected chi connectivity index (χ2v) is 6.37. The van der Waals surface area contributed by atoms with Crippen molar-refractivity contribution in [1.29, 1.82) is 0 Å². The monoisotopic (exact) mass is 352 g/mol. The molecule has 0 atom stereocenters. The third kappa shape index (κ3) is 7.84. The van der Waals surface area contributed by atoms with Gasteiger partial charge in [0.1, 0.15) is 6.61 Å². The lowest BCUT2D eigenvalue weighted by Crippen LogP contribution is -2.27. The van der Waals surface area contributed by atoms with Gasteiger partial charge in [-0.2, -0.15) is 11.8 Å². The lowest BCUT2D eigenvalue weighted by molar-refractivity contribution is -0.116. The zero-order valence-corrected chi connectivity index (χ0v) is 15.7. The summed E-state index contributed by atoms with van der Waals surface area (Å²) in [6.45, 7) is 7.18. The summed E-state index contributed by atoms with van der Waals surface area (Å²) in [6.07, 6.45) is 3.40. The van der Waals surface area contributed by atoms with Gasteiger partial charge in [0.25, 0.3) is 0 Å². The van der Waals surface area contributed by atoms with E-state index < -0.39 is 0 Å². The molecule has 0 heterocycles. The number of hydrogen-bond donors (Lipinski definition) is 1. The summed E-state index contributed by atoms with van der Waals surface area (Å²) in [4.78, 5) is 25.9. The van der Waals surface area contributed by atoms with E-state index in [1.807, 2.05) is 6.26 Å². The smallest absolute Gasteiger partial charge is 0.338 e. The molecule has 1 N–H and O–H groups in total. The first kappa shape index (κ1) is 20.5. The van der Waals surface area contributed by atoms with E-state index in [9.17, 15) is 9.59 Å². The van der Waals surface area contributed by atoms with Gasteiger partial charge in [0.2, 0.25) is 5.91 Å². The number of likely N-dealkylation sites (N-methyl/N-ethyl adjacent to an activating group) is 1. The molecule has 1 amide bonds. The van der Waals surface area contributed by atoms with Gasteiger partial charge in [-0.25, -0.2) is 4.79 Å². The maximum Gasteiger partial charge on any atom is 0.338 e. The summed E-state index contributed by atoms with van der Waals surface area (Å²) >= 11 is 1.73. The molecule has 6 heteroatoms. The highest BCUT2D eigenvalue weighted by molar-refractivity contribution is 7.98. The van der Waals surface area contributed by atoms with Crippen molar-refractivity contribution in [3.05, 3.63) is 29.8 Å². The molecule has 0 unspecified atom stereocenters. The van der Waals surface area contributed by atoms with Crippen LogP contribution in [0.1, 0.15) is 37.0 Å². The number of ether oxygens (including phenoxy) is 1. The maximum atomic E-state index is 12.0. The summed E-state index contributed by atoms with van der Waals surface area (Å²) in [5, 5.41) is 2.83. The average molecular weight is 353 g/mol. The van der Waals surface area contributed by atoms with Gasteiger partial charge in [-0.1, -0.05) is 13.8 Å². The van der Waals surface area contributed by atoms with Crippen LogP contribution in [0.15, 0.2) is 24.3 Å². The van der Waals surface area contributed by atoms with Crippen molar-refractivity contribution in [2.45, 2.75) is 26.7 Å². The average Bonchev–Trinajstić information content (AvgIpc) is 2.59. The van der Waals surface area contributed by atoms with Crippen LogP contribution in [0, 0.1) is 0 Å². The third-order valence-electron chi connectivity index (χ3n) is 3.69. The minimum absolute atomic E-state index is 0.00130. The highest BCUT2D eigenvalue weighted by Crippen LogP contribution is 2.11. The zero-order valence-electron chi connectivity index (χ0n) is 14.8. The van der Waals surface area contributed by atoms with Crippen LogP contribution in [0.3, 0.4) is 0 Å². The third-order valence-corrected chi connectivity index (χ3v) is 4.39. The fourth-order valence-electron chi connectivity index (χ4n) is 2.18. The van der Waals surface area contributed by atoms with Gasteiger partial charge in [0.15, 0.2) is 0 Å². The van der Waals surface area contributed by atoms with Crippen LogP contribution in [-0.4, -0.2) is 55.0 Å². The normalized spacial score (nSPS) is 10.7. The van der Waals surface area contributed by atoms with Crippen LogP contribution in [0.5, 0.6) is 0 Å². The van der Waals surface area contributed by atoms with Crippen molar-refractivity contribution in [2.24, 2.45) is 0 Å². The molecule has 0 bridgehead atoms. The number of nitrogens with one attached hydrogen (secondary N) is 1. The van der Waals surface area contributed by atoms with Crippen molar-refractivity contribution < 1.29 is 14.3 Å². The highest BCUT2D eigenvalue weighted by atomic mass is 32.2. The van der Waals surface area contributed by atoms with Crippen molar-refractivity contribution in [2.75, 3.05) is 43.6 Å². The minimum Gasteiger partial charge on any atom is -0.461 e. The van der Waals surface area contributed by atoms with Gasteiger partial charge in [-0.15, -0.1) is 0 Å². The Morgan fingerprint density at radius 3 is 2.42 bits per heavy atom. The van der Waals surface area contributed by atoms with E-state index in [1.54, 1.807) is 36.0 Å². The molecule has 0 aliphatic rings. The van der Waals surface area contributed by atoms with Crippen LogP contribution >= 0.6 is 11.8 Å². The summed E-state index contributed by atoms with van der Waals surface area (Å²) in [5.74, 6) is 0.643. The van der Waals surface area contributed by atoms with Crippen molar-refractivity contribution >= 4 is 29.3 Å². The van der Waals surface area contributed by atoms with E-state index in [0.717, 1.165) is 31.8 Å². The molecule has 0 saturated heterocycles. The number of amides is 1. The first-order chi connectivity index (χ1) is 11.6. The molecule has 0 aliphatic carbocycles. The molecule has 1 rings (SSSR count). The van der Waals surface area contributed by atoms with Gasteiger partial charge in [-0.3, -0.25) is 4.79 Å². The molecule has 0 aromatic heterocycles. The fraction of sp³-hybridized carbons (Fsp3) is 0.556. The van der Waals surface area contributed by atoms with Gasteiger partial charge >= 0.3 is 5.97 Å². The number of carbonyl (C=O) groups excluding carboxylic acids is 2. The first-order valence-electron chi connectivity index (χ1n) is 8.39. The molecule has 0 fully saturated rings. The highest BCUT2D eigenvalue weighted by Gasteiger charge is 2.09. The van der Waals surface area contributed by atoms with Crippen LogP contribution in [0.2, 0.25) is 0 Å². The van der Waals surface area contributed by atoms with Crippen molar-refractivity contribution in [3.8, 4) is 0 Å². The van der Waals surface area contributed by atoms with E-state index in [0.29, 0.717) is 24.3 Å². The van der Waals surface area contributed by atoms with Gasteiger partial charge < -0.3 is 15.0 Å². The Bertz CT molecular complexity index is 501. The standard InChI is InChI=1S/C18H28N2O3S/c1-4-20(5-2)12-13-23-18(22)15-8-10-16(11-9-15)19-17(21)7-6-14-24-3/h8-11H,4-7,12-14H2,1-3H3,(H,19,21). The molecule has 1 aromatic carbocycles.